The molecule has 1 aliphatic rings. The first-order valence-corrected chi connectivity index (χ1v) is 8.34. The van der Waals surface area contributed by atoms with Gasteiger partial charge in [-0.2, -0.15) is 0 Å². The molecule has 0 aromatic rings. The summed E-state index contributed by atoms with van der Waals surface area (Å²) in [6.45, 7) is 8.92. The molecule has 0 radical (unpaired) electrons. The number of aldehydes is 1. The highest BCUT2D eigenvalue weighted by molar-refractivity contribution is 5.59. The molecule has 112 valence electrons. The van der Waals surface area contributed by atoms with Crippen LogP contribution in [0.15, 0.2) is 0 Å². The molecule has 0 spiro atoms. The van der Waals surface area contributed by atoms with Crippen LogP contribution in [-0.2, 0) is 4.79 Å². The normalized spacial score (nSPS) is 19.6. The average Bonchev–Trinajstić information content (AvgIpc) is 2.64. The lowest BCUT2D eigenvalue weighted by molar-refractivity contribution is -0.118. The van der Waals surface area contributed by atoms with Gasteiger partial charge in [0.2, 0.25) is 0 Å². The summed E-state index contributed by atoms with van der Waals surface area (Å²) in [7, 11) is 0. The van der Waals surface area contributed by atoms with Gasteiger partial charge in [0.05, 0.1) is 0 Å². The van der Waals surface area contributed by atoms with Crippen LogP contribution in [0.3, 0.4) is 0 Å². The Bertz CT molecular complexity index is 242. The molecule has 0 amide bonds. The molecule has 2 nitrogen and oxygen atoms in total. The predicted octanol–water partition coefficient (Wildman–Crippen LogP) is 4.43. The van der Waals surface area contributed by atoms with Crippen molar-refractivity contribution in [2.24, 2.45) is 5.41 Å². The molecule has 0 aliphatic heterocycles. The van der Waals surface area contributed by atoms with E-state index in [1.54, 1.807) is 0 Å². The number of hydrogen-bond donors (Lipinski definition) is 0. The molecule has 0 aromatic heterocycles. The highest BCUT2D eigenvalue weighted by atomic mass is 16.1. The van der Waals surface area contributed by atoms with Crippen molar-refractivity contribution in [3.63, 3.8) is 0 Å². The average molecular weight is 267 g/mol. The zero-order valence-electron chi connectivity index (χ0n) is 13.3. The van der Waals surface area contributed by atoms with E-state index >= 15 is 0 Å². The number of carbonyl (C=O) groups excluding carboxylic acids is 1. The minimum atomic E-state index is -0.0486. The molecule has 19 heavy (non-hydrogen) atoms. The van der Waals surface area contributed by atoms with Gasteiger partial charge in [-0.1, -0.05) is 45.4 Å². The van der Waals surface area contributed by atoms with Gasteiger partial charge in [0.15, 0.2) is 0 Å². The first-order valence-electron chi connectivity index (χ1n) is 8.34. The van der Waals surface area contributed by atoms with Crippen LogP contribution in [-0.4, -0.2) is 30.3 Å². The molecule has 0 aromatic carbocycles. The molecular weight excluding hydrogens is 234 g/mol. The largest absolute Gasteiger partial charge is 0.303 e. The van der Waals surface area contributed by atoms with Gasteiger partial charge in [-0.25, -0.2) is 0 Å². The second kappa shape index (κ2) is 8.73. The van der Waals surface area contributed by atoms with E-state index in [-0.39, 0.29) is 5.41 Å². The topological polar surface area (TPSA) is 20.3 Å². The fourth-order valence-electron chi connectivity index (χ4n) is 3.24. The first kappa shape index (κ1) is 16.7. The minimum absolute atomic E-state index is 0.0486. The van der Waals surface area contributed by atoms with Gasteiger partial charge in [-0.05, 0) is 39.7 Å². The van der Waals surface area contributed by atoms with Crippen LogP contribution in [0.25, 0.3) is 0 Å². The van der Waals surface area contributed by atoms with Gasteiger partial charge < -0.3 is 4.79 Å². The van der Waals surface area contributed by atoms with E-state index in [1.807, 2.05) is 0 Å². The third-order valence-corrected chi connectivity index (χ3v) is 4.65. The lowest BCUT2D eigenvalue weighted by atomic mass is 9.81. The quantitative estimate of drug-likeness (QED) is 0.368. The van der Waals surface area contributed by atoms with Gasteiger partial charge in [0.25, 0.3) is 0 Å². The van der Waals surface area contributed by atoms with Gasteiger partial charge in [0, 0.05) is 18.0 Å². The second-order valence-corrected chi connectivity index (χ2v) is 6.67. The van der Waals surface area contributed by atoms with Crippen molar-refractivity contribution in [2.45, 2.75) is 84.6 Å². The van der Waals surface area contributed by atoms with E-state index in [2.05, 4.69) is 25.7 Å². The number of nitrogens with zero attached hydrogens (tertiary/aromatic N) is 1. The maximum Gasteiger partial charge on any atom is 0.127 e. The molecule has 2 heteroatoms. The summed E-state index contributed by atoms with van der Waals surface area (Å²) in [6, 6.07) is 0.553. The maximum absolute atomic E-state index is 11.7. The molecule has 0 saturated heterocycles. The number of carbonyl (C=O) groups is 1. The van der Waals surface area contributed by atoms with Crippen molar-refractivity contribution in [2.75, 3.05) is 13.1 Å². The van der Waals surface area contributed by atoms with E-state index in [4.69, 9.17) is 0 Å². The summed E-state index contributed by atoms with van der Waals surface area (Å²) in [4.78, 5) is 14.2. The van der Waals surface area contributed by atoms with Gasteiger partial charge in [-0.3, -0.25) is 4.90 Å². The van der Waals surface area contributed by atoms with Crippen molar-refractivity contribution in [3.8, 4) is 0 Å². The van der Waals surface area contributed by atoms with E-state index in [0.29, 0.717) is 6.04 Å². The van der Waals surface area contributed by atoms with Crippen molar-refractivity contribution in [1.29, 1.82) is 0 Å². The summed E-state index contributed by atoms with van der Waals surface area (Å²) < 4.78 is 0. The Hall–Kier alpha value is -0.370. The lowest BCUT2D eigenvalue weighted by Crippen LogP contribution is -2.42. The van der Waals surface area contributed by atoms with Gasteiger partial charge in [-0.15, -0.1) is 0 Å². The molecule has 0 atom stereocenters. The summed E-state index contributed by atoms with van der Waals surface area (Å²) in [5.74, 6) is 0. The molecule has 0 unspecified atom stereocenters. The van der Waals surface area contributed by atoms with E-state index in [0.717, 1.165) is 25.9 Å². The first-order chi connectivity index (χ1) is 9.13. The molecule has 0 N–H and O–H groups in total. The van der Waals surface area contributed by atoms with Crippen LogP contribution in [0.5, 0.6) is 0 Å². The second-order valence-electron chi connectivity index (χ2n) is 6.67. The maximum atomic E-state index is 11.7. The van der Waals surface area contributed by atoms with Crippen LogP contribution in [0, 0.1) is 5.41 Å². The van der Waals surface area contributed by atoms with Crippen LogP contribution < -0.4 is 0 Å². The van der Waals surface area contributed by atoms with Crippen molar-refractivity contribution in [1.82, 2.24) is 4.90 Å². The van der Waals surface area contributed by atoms with Gasteiger partial charge >= 0.3 is 0 Å². The van der Waals surface area contributed by atoms with Crippen LogP contribution in [0.1, 0.15) is 78.6 Å². The SMILES string of the molecule is CCCCCN(CC1(C=O)CCCCCC1)C(C)C. The summed E-state index contributed by atoms with van der Waals surface area (Å²) in [5, 5.41) is 0. The zero-order valence-corrected chi connectivity index (χ0v) is 13.3. The molecule has 0 bridgehead atoms. The van der Waals surface area contributed by atoms with E-state index in [1.165, 1.54) is 51.2 Å². The smallest absolute Gasteiger partial charge is 0.127 e. The van der Waals surface area contributed by atoms with Gasteiger partial charge in [0.1, 0.15) is 6.29 Å². The predicted molar refractivity (Wildman–Crippen MR) is 82.4 cm³/mol. The Morgan fingerprint density at radius 2 is 1.74 bits per heavy atom. The molecule has 1 fully saturated rings. The molecule has 0 heterocycles. The molecule has 1 saturated carbocycles. The van der Waals surface area contributed by atoms with Crippen molar-refractivity contribution in [3.05, 3.63) is 0 Å². The summed E-state index contributed by atoms with van der Waals surface area (Å²) in [5.41, 5.74) is -0.0486. The van der Waals surface area contributed by atoms with E-state index in [9.17, 15) is 4.79 Å². The Morgan fingerprint density at radius 1 is 1.11 bits per heavy atom. The Labute approximate surface area is 119 Å². The molecular formula is C17H33NO. The standard InChI is InChI=1S/C17H33NO/c1-4-5-10-13-18(16(2)3)14-17(15-19)11-8-6-7-9-12-17/h15-16H,4-14H2,1-3H3. The van der Waals surface area contributed by atoms with Crippen molar-refractivity contribution < 1.29 is 4.79 Å². The Balaban J connectivity index is 2.59. The summed E-state index contributed by atoms with van der Waals surface area (Å²) in [6.07, 6.45) is 12.4. The summed E-state index contributed by atoms with van der Waals surface area (Å²) >= 11 is 0. The monoisotopic (exact) mass is 267 g/mol. The van der Waals surface area contributed by atoms with E-state index < -0.39 is 0 Å². The molecule has 1 aliphatic carbocycles. The third kappa shape index (κ3) is 5.64. The molecule has 1 rings (SSSR count). The lowest BCUT2D eigenvalue weighted by Gasteiger charge is -2.36. The van der Waals surface area contributed by atoms with Crippen LogP contribution in [0.4, 0.5) is 0 Å². The number of hydrogen-bond acceptors (Lipinski definition) is 2. The van der Waals surface area contributed by atoms with Crippen LogP contribution >= 0.6 is 0 Å². The number of unbranched alkanes of at least 4 members (excludes halogenated alkanes) is 2. The fraction of sp³-hybridized carbons (Fsp3) is 0.941. The third-order valence-electron chi connectivity index (χ3n) is 4.65. The van der Waals surface area contributed by atoms with Crippen molar-refractivity contribution >= 4 is 6.29 Å². The van der Waals surface area contributed by atoms with Crippen LogP contribution in [0.2, 0.25) is 0 Å². The fourth-order valence-corrected chi connectivity index (χ4v) is 3.24. The highest BCUT2D eigenvalue weighted by Crippen LogP contribution is 2.34. The number of rotatable bonds is 8. The Morgan fingerprint density at radius 3 is 2.21 bits per heavy atom. The zero-order chi connectivity index (χ0) is 14.1. The Kier molecular flexibility index (Phi) is 7.67. The minimum Gasteiger partial charge on any atom is -0.303 e. The highest BCUT2D eigenvalue weighted by Gasteiger charge is 2.33.